The summed E-state index contributed by atoms with van der Waals surface area (Å²) >= 11 is 1.53. The Morgan fingerprint density at radius 2 is 2.00 bits per heavy atom. The van der Waals surface area contributed by atoms with Gasteiger partial charge in [-0.05, 0) is 49.6 Å². The van der Waals surface area contributed by atoms with Crippen molar-refractivity contribution in [3.05, 3.63) is 82.0 Å². The van der Waals surface area contributed by atoms with Gasteiger partial charge in [0.15, 0.2) is 5.65 Å². The molecule has 0 saturated heterocycles. The Morgan fingerprint density at radius 1 is 1.18 bits per heavy atom. The predicted molar refractivity (Wildman–Crippen MR) is 127 cm³/mol. The number of thiophene rings is 1. The smallest absolute Gasteiger partial charge is 0.257 e. The molecular formula is C24H20F2N6OS. The number of aromatic nitrogens is 5. The monoisotopic (exact) mass is 478 g/mol. The summed E-state index contributed by atoms with van der Waals surface area (Å²) in [6.45, 7) is 3.58. The molecule has 0 aliphatic heterocycles. The van der Waals surface area contributed by atoms with Crippen molar-refractivity contribution in [2.24, 2.45) is 7.05 Å². The molecule has 0 spiro atoms. The van der Waals surface area contributed by atoms with E-state index in [0.717, 1.165) is 23.1 Å². The number of carbonyl (C=O) groups is 1. The highest BCUT2D eigenvalue weighted by Gasteiger charge is 2.22. The van der Waals surface area contributed by atoms with Gasteiger partial charge in [-0.25, -0.2) is 18.4 Å². The first-order valence-corrected chi connectivity index (χ1v) is 11.4. The van der Waals surface area contributed by atoms with Gasteiger partial charge in [-0.15, -0.1) is 11.3 Å². The summed E-state index contributed by atoms with van der Waals surface area (Å²) < 4.78 is 31.0. The van der Waals surface area contributed by atoms with Crippen molar-refractivity contribution in [2.45, 2.75) is 20.4 Å². The second kappa shape index (κ2) is 8.45. The molecule has 0 aliphatic rings. The Bertz CT molecular complexity index is 1540. The normalized spacial score (nSPS) is 11.3. The third-order valence-electron chi connectivity index (χ3n) is 5.57. The second-order valence-electron chi connectivity index (χ2n) is 7.96. The van der Waals surface area contributed by atoms with Gasteiger partial charge in [-0.2, -0.15) is 10.2 Å². The van der Waals surface area contributed by atoms with Crippen molar-refractivity contribution in [3.8, 4) is 10.6 Å². The highest BCUT2D eigenvalue weighted by Crippen LogP contribution is 2.30. The summed E-state index contributed by atoms with van der Waals surface area (Å²) in [7, 11) is 1.79. The van der Waals surface area contributed by atoms with E-state index >= 15 is 0 Å². The van der Waals surface area contributed by atoms with Crippen LogP contribution in [0.25, 0.3) is 21.6 Å². The first kappa shape index (κ1) is 21.9. The zero-order chi connectivity index (χ0) is 24.0. The number of aryl methyl sites for hydroxylation is 3. The number of hydrogen-bond donors (Lipinski definition) is 1. The minimum Gasteiger partial charge on any atom is -0.307 e. The van der Waals surface area contributed by atoms with Crippen molar-refractivity contribution < 1.29 is 13.6 Å². The molecule has 10 heteroatoms. The highest BCUT2D eigenvalue weighted by atomic mass is 32.1. The lowest BCUT2D eigenvalue weighted by molar-refractivity contribution is 0.102. The number of nitrogens with one attached hydrogen (secondary N) is 1. The van der Waals surface area contributed by atoms with Crippen LogP contribution in [0, 0.1) is 25.5 Å². The molecule has 0 bridgehead atoms. The van der Waals surface area contributed by atoms with Crippen LogP contribution in [0.15, 0.2) is 48.0 Å². The number of pyridine rings is 1. The van der Waals surface area contributed by atoms with E-state index in [1.165, 1.54) is 16.0 Å². The van der Waals surface area contributed by atoms with E-state index in [1.54, 1.807) is 30.9 Å². The molecule has 1 N–H and O–H groups in total. The van der Waals surface area contributed by atoms with Gasteiger partial charge >= 0.3 is 0 Å². The van der Waals surface area contributed by atoms with Crippen LogP contribution in [0.3, 0.4) is 0 Å². The minimum atomic E-state index is -0.547. The first-order chi connectivity index (χ1) is 16.3. The summed E-state index contributed by atoms with van der Waals surface area (Å²) in [6.07, 6.45) is 1.57. The molecule has 0 aliphatic carbocycles. The third kappa shape index (κ3) is 3.86. The number of anilines is 1. The molecule has 7 nitrogen and oxygen atoms in total. The molecule has 0 atom stereocenters. The number of fused-ring (bicyclic) bond motifs is 1. The molecule has 4 heterocycles. The Morgan fingerprint density at radius 3 is 2.76 bits per heavy atom. The molecule has 0 saturated carbocycles. The molecule has 4 aromatic heterocycles. The van der Waals surface area contributed by atoms with Crippen molar-refractivity contribution >= 4 is 34.1 Å². The predicted octanol–water partition coefficient (Wildman–Crippen LogP) is 5.09. The van der Waals surface area contributed by atoms with Gasteiger partial charge in [0.05, 0.1) is 40.0 Å². The topological polar surface area (TPSA) is 77.6 Å². The standard InChI is InChI=1S/C24H20F2N6OS/c1-13-11-27-32(12-15-9-16(25)6-7-18(15)26)22(13)29-24(33)17-10-19(20-5-4-8-34-20)28-23-21(17)14(2)30-31(23)3/h4-11H,12H2,1-3H3,(H,29,33). The van der Waals surface area contributed by atoms with Gasteiger partial charge in [-0.3, -0.25) is 9.48 Å². The molecule has 1 amide bonds. The van der Waals surface area contributed by atoms with Crippen molar-refractivity contribution in [3.63, 3.8) is 0 Å². The number of hydrogen-bond acceptors (Lipinski definition) is 5. The zero-order valence-electron chi connectivity index (χ0n) is 18.6. The maximum Gasteiger partial charge on any atom is 0.257 e. The summed E-state index contributed by atoms with van der Waals surface area (Å²) in [4.78, 5) is 19.2. The first-order valence-electron chi connectivity index (χ1n) is 10.5. The molecule has 5 rings (SSSR count). The fourth-order valence-electron chi connectivity index (χ4n) is 3.94. The van der Waals surface area contributed by atoms with Gasteiger partial charge in [-0.1, -0.05) is 6.07 Å². The largest absolute Gasteiger partial charge is 0.307 e. The van der Waals surface area contributed by atoms with Gasteiger partial charge < -0.3 is 5.32 Å². The average Bonchev–Trinajstić information content (AvgIpc) is 3.53. The number of rotatable bonds is 5. The molecule has 0 radical (unpaired) electrons. The number of nitrogens with zero attached hydrogens (tertiary/aromatic N) is 5. The zero-order valence-corrected chi connectivity index (χ0v) is 19.5. The number of carbonyl (C=O) groups excluding carboxylic acids is 1. The lowest BCUT2D eigenvalue weighted by Crippen LogP contribution is -2.18. The van der Waals surface area contributed by atoms with E-state index in [0.29, 0.717) is 39.4 Å². The fourth-order valence-corrected chi connectivity index (χ4v) is 4.62. The van der Waals surface area contributed by atoms with Crippen LogP contribution >= 0.6 is 11.3 Å². The number of amides is 1. The van der Waals surface area contributed by atoms with E-state index in [4.69, 9.17) is 4.98 Å². The van der Waals surface area contributed by atoms with E-state index in [-0.39, 0.29) is 18.0 Å². The summed E-state index contributed by atoms with van der Waals surface area (Å²) in [5.74, 6) is -1.06. The quantitative estimate of drug-likeness (QED) is 0.382. The van der Waals surface area contributed by atoms with Crippen molar-refractivity contribution in [2.75, 3.05) is 5.32 Å². The van der Waals surface area contributed by atoms with Crippen LogP contribution in [-0.2, 0) is 13.6 Å². The third-order valence-corrected chi connectivity index (χ3v) is 6.46. The van der Waals surface area contributed by atoms with Crippen LogP contribution in [0.5, 0.6) is 0 Å². The lowest BCUT2D eigenvalue weighted by atomic mass is 10.1. The van der Waals surface area contributed by atoms with E-state index in [9.17, 15) is 13.6 Å². The molecular weight excluding hydrogens is 458 g/mol. The van der Waals surface area contributed by atoms with Crippen molar-refractivity contribution in [1.82, 2.24) is 24.5 Å². The Hall–Kier alpha value is -3.92. The molecule has 0 fully saturated rings. The summed E-state index contributed by atoms with van der Waals surface area (Å²) in [6, 6.07) is 8.87. The fraction of sp³-hybridized carbons (Fsp3) is 0.167. The van der Waals surface area contributed by atoms with Crippen molar-refractivity contribution in [1.29, 1.82) is 0 Å². The Balaban J connectivity index is 1.55. The maximum absolute atomic E-state index is 14.2. The van der Waals surface area contributed by atoms with Gasteiger partial charge in [0, 0.05) is 18.2 Å². The molecule has 172 valence electrons. The van der Waals surface area contributed by atoms with Gasteiger partial charge in [0.25, 0.3) is 5.91 Å². The van der Waals surface area contributed by atoms with Crippen LogP contribution in [-0.4, -0.2) is 30.5 Å². The summed E-state index contributed by atoms with van der Waals surface area (Å²) in [5, 5.41) is 14.2. The Labute approximate surface area is 197 Å². The molecule has 1 aromatic carbocycles. The molecule has 5 aromatic rings. The van der Waals surface area contributed by atoms with E-state index < -0.39 is 11.6 Å². The van der Waals surface area contributed by atoms with E-state index in [2.05, 4.69) is 15.5 Å². The SMILES string of the molecule is Cc1cnn(Cc2cc(F)ccc2F)c1NC(=O)c1cc(-c2cccs2)nc2c1c(C)nn2C. The number of halogens is 2. The van der Waals surface area contributed by atoms with Crippen LogP contribution in [0.2, 0.25) is 0 Å². The minimum absolute atomic E-state index is 0.0365. The second-order valence-corrected chi connectivity index (χ2v) is 8.91. The average molecular weight is 479 g/mol. The van der Waals surface area contributed by atoms with Crippen LogP contribution < -0.4 is 5.32 Å². The van der Waals surface area contributed by atoms with E-state index in [1.807, 2.05) is 24.4 Å². The van der Waals surface area contributed by atoms with Crippen LogP contribution in [0.4, 0.5) is 14.6 Å². The molecule has 34 heavy (non-hydrogen) atoms. The maximum atomic E-state index is 14.2. The Kier molecular flexibility index (Phi) is 5.45. The highest BCUT2D eigenvalue weighted by molar-refractivity contribution is 7.13. The van der Waals surface area contributed by atoms with Gasteiger partial charge in [0.1, 0.15) is 17.5 Å². The lowest BCUT2D eigenvalue weighted by Gasteiger charge is -2.12. The van der Waals surface area contributed by atoms with Crippen LogP contribution in [0.1, 0.15) is 27.2 Å². The molecule has 0 unspecified atom stereocenters. The number of benzene rings is 1. The summed E-state index contributed by atoms with van der Waals surface area (Å²) in [5.41, 5.74) is 3.19. The van der Waals surface area contributed by atoms with Gasteiger partial charge in [0.2, 0.25) is 0 Å².